The van der Waals surface area contributed by atoms with Gasteiger partial charge in [0.25, 0.3) is 0 Å². The van der Waals surface area contributed by atoms with Gasteiger partial charge in [-0.1, -0.05) is 0 Å². The lowest BCUT2D eigenvalue weighted by Crippen LogP contribution is -2.33. The summed E-state index contributed by atoms with van der Waals surface area (Å²) >= 11 is 0. The van der Waals surface area contributed by atoms with Crippen LogP contribution in [0.5, 0.6) is 0 Å². The van der Waals surface area contributed by atoms with Crippen LogP contribution >= 0.6 is 12.4 Å². The van der Waals surface area contributed by atoms with E-state index < -0.39 is 0 Å². The minimum atomic E-state index is 0. The average Bonchev–Trinajstić information content (AvgIpc) is 2.81. The molecule has 0 radical (unpaired) electrons. The van der Waals surface area contributed by atoms with Crippen molar-refractivity contribution in [3.8, 4) is 6.07 Å². The molecule has 4 nitrogen and oxygen atoms in total. The summed E-state index contributed by atoms with van der Waals surface area (Å²) in [4.78, 5) is 6.42. The van der Waals surface area contributed by atoms with Crippen molar-refractivity contribution in [2.24, 2.45) is 0 Å². The molecule has 1 aromatic heterocycles. The Balaban J connectivity index is 0.00000128. The van der Waals surface area contributed by atoms with Gasteiger partial charge >= 0.3 is 0 Å². The van der Waals surface area contributed by atoms with Gasteiger partial charge in [0.1, 0.15) is 5.82 Å². The number of likely N-dealkylation sites (N-methyl/N-ethyl adjacent to an activating group) is 1. The monoisotopic (exact) mass is 238 g/mol. The van der Waals surface area contributed by atoms with Crippen molar-refractivity contribution in [2.75, 3.05) is 25.0 Å². The lowest BCUT2D eigenvalue weighted by molar-refractivity contribution is 0.678. The summed E-state index contributed by atoms with van der Waals surface area (Å²) in [6.45, 7) is 2.06. The Morgan fingerprint density at radius 1 is 1.62 bits per heavy atom. The molecule has 5 heteroatoms. The number of rotatable bonds is 2. The number of aromatic nitrogens is 1. The van der Waals surface area contributed by atoms with E-state index in [1.807, 2.05) is 13.1 Å². The second-order valence-electron chi connectivity index (χ2n) is 3.77. The van der Waals surface area contributed by atoms with E-state index in [2.05, 4.69) is 21.3 Å². The van der Waals surface area contributed by atoms with Crippen molar-refractivity contribution in [2.45, 2.75) is 12.5 Å². The van der Waals surface area contributed by atoms with Crippen LogP contribution in [-0.4, -0.2) is 31.2 Å². The second kappa shape index (κ2) is 5.69. The number of halogens is 1. The zero-order chi connectivity index (χ0) is 10.7. The molecular weight excluding hydrogens is 224 g/mol. The predicted molar refractivity (Wildman–Crippen MR) is 65.9 cm³/mol. The fraction of sp³-hybridized carbons (Fsp3) is 0.455. The van der Waals surface area contributed by atoms with Crippen molar-refractivity contribution in [1.29, 1.82) is 5.26 Å². The maximum atomic E-state index is 8.80. The lowest BCUT2D eigenvalue weighted by atomic mass is 10.2. The first-order valence-corrected chi connectivity index (χ1v) is 5.11. The highest BCUT2D eigenvalue weighted by Gasteiger charge is 2.20. The Kier molecular flexibility index (Phi) is 4.53. The SMILES string of the molecule is CN(c1cc(C#N)ccn1)C1CCNC1.Cl. The van der Waals surface area contributed by atoms with E-state index in [1.165, 1.54) is 0 Å². The first-order valence-electron chi connectivity index (χ1n) is 5.11. The molecule has 86 valence electrons. The summed E-state index contributed by atoms with van der Waals surface area (Å²) in [6.07, 6.45) is 2.82. The highest BCUT2D eigenvalue weighted by molar-refractivity contribution is 5.85. The van der Waals surface area contributed by atoms with Crippen molar-refractivity contribution >= 4 is 18.2 Å². The molecule has 1 fully saturated rings. The summed E-state index contributed by atoms with van der Waals surface area (Å²) < 4.78 is 0. The standard InChI is InChI=1S/C11H14N4.ClH/c1-15(10-3-4-13-8-10)11-6-9(7-12)2-5-14-11;/h2,5-6,10,13H,3-4,8H2,1H3;1H. The molecular formula is C11H15ClN4. The Labute approximate surface area is 102 Å². The number of nitriles is 1. The van der Waals surface area contributed by atoms with Crippen LogP contribution in [0.4, 0.5) is 5.82 Å². The van der Waals surface area contributed by atoms with E-state index in [1.54, 1.807) is 12.3 Å². The molecule has 2 heterocycles. The molecule has 0 aromatic carbocycles. The number of anilines is 1. The van der Waals surface area contributed by atoms with Crippen molar-refractivity contribution < 1.29 is 0 Å². The van der Waals surface area contributed by atoms with Crippen molar-refractivity contribution in [3.63, 3.8) is 0 Å². The number of nitrogens with one attached hydrogen (secondary N) is 1. The van der Waals surface area contributed by atoms with E-state index in [0.717, 1.165) is 25.3 Å². The van der Waals surface area contributed by atoms with Gasteiger partial charge in [0.2, 0.25) is 0 Å². The second-order valence-corrected chi connectivity index (χ2v) is 3.77. The van der Waals surface area contributed by atoms with Crippen LogP contribution in [0.1, 0.15) is 12.0 Å². The molecule has 0 aliphatic carbocycles. The zero-order valence-corrected chi connectivity index (χ0v) is 10.00. The largest absolute Gasteiger partial charge is 0.355 e. The smallest absolute Gasteiger partial charge is 0.129 e. The highest BCUT2D eigenvalue weighted by Crippen LogP contribution is 2.16. The van der Waals surface area contributed by atoms with Crippen LogP contribution in [0.2, 0.25) is 0 Å². The van der Waals surface area contributed by atoms with E-state index in [0.29, 0.717) is 11.6 Å². The van der Waals surface area contributed by atoms with Gasteiger partial charge in [-0.05, 0) is 25.1 Å². The first-order chi connectivity index (χ1) is 7.31. The summed E-state index contributed by atoms with van der Waals surface area (Å²) in [6, 6.07) is 6.18. The van der Waals surface area contributed by atoms with E-state index >= 15 is 0 Å². The fourth-order valence-corrected chi connectivity index (χ4v) is 1.84. The van der Waals surface area contributed by atoms with Crippen LogP contribution in [0.3, 0.4) is 0 Å². The summed E-state index contributed by atoms with van der Waals surface area (Å²) in [5.74, 6) is 0.878. The highest BCUT2D eigenvalue weighted by atomic mass is 35.5. The van der Waals surface area contributed by atoms with Gasteiger partial charge in [-0.15, -0.1) is 12.4 Å². The molecule has 2 rings (SSSR count). The molecule has 0 amide bonds. The third-order valence-electron chi connectivity index (χ3n) is 2.82. The van der Waals surface area contributed by atoms with E-state index in [4.69, 9.17) is 5.26 Å². The summed E-state index contributed by atoms with van der Waals surface area (Å²) in [5.41, 5.74) is 0.665. The molecule has 1 aromatic rings. The third-order valence-corrected chi connectivity index (χ3v) is 2.82. The fourth-order valence-electron chi connectivity index (χ4n) is 1.84. The molecule has 0 bridgehead atoms. The topological polar surface area (TPSA) is 52.0 Å². The third kappa shape index (κ3) is 2.63. The molecule has 1 aliphatic heterocycles. The Hall–Kier alpha value is -1.31. The minimum absolute atomic E-state index is 0. The van der Waals surface area contributed by atoms with Crippen LogP contribution in [0.25, 0.3) is 0 Å². The molecule has 1 aliphatic rings. The van der Waals surface area contributed by atoms with Crippen molar-refractivity contribution in [1.82, 2.24) is 10.3 Å². The zero-order valence-electron chi connectivity index (χ0n) is 9.18. The number of hydrogen-bond donors (Lipinski definition) is 1. The van der Waals surface area contributed by atoms with Gasteiger partial charge in [-0.3, -0.25) is 0 Å². The number of pyridine rings is 1. The Bertz CT molecular complexity index is 382. The maximum absolute atomic E-state index is 8.80. The first kappa shape index (κ1) is 12.8. The Morgan fingerprint density at radius 2 is 2.44 bits per heavy atom. The molecule has 0 spiro atoms. The van der Waals surface area contributed by atoms with Gasteiger partial charge in [0.05, 0.1) is 11.6 Å². The molecule has 1 unspecified atom stereocenters. The van der Waals surface area contributed by atoms with Gasteiger partial charge in [0, 0.05) is 25.8 Å². The lowest BCUT2D eigenvalue weighted by Gasteiger charge is -2.24. The van der Waals surface area contributed by atoms with Crippen LogP contribution < -0.4 is 10.2 Å². The summed E-state index contributed by atoms with van der Waals surface area (Å²) in [7, 11) is 2.03. The average molecular weight is 239 g/mol. The van der Waals surface area contributed by atoms with Gasteiger partial charge < -0.3 is 10.2 Å². The molecule has 1 atom stereocenters. The molecule has 16 heavy (non-hydrogen) atoms. The minimum Gasteiger partial charge on any atom is -0.355 e. The molecule has 1 N–H and O–H groups in total. The maximum Gasteiger partial charge on any atom is 0.129 e. The summed E-state index contributed by atoms with van der Waals surface area (Å²) in [5, 5.41) is 12.1. The molecule has 0 saturated carbocycles. The predicted octanol–water partition coefficient (Wildman–Crippen LogP) is 1.17. The van der Waals surface area contributed by atoms with Crippen LogP contribution in [-0.2, 0) is 0 Å². The normalized spacial score (nSPS) is 18.6. The Morgan fingerprint density at radius 3 is 3.06 bits per heavy atom. The van der Waals surface area contributed by atoms with Gasteiger partial charge in [-0.25, -0.2) is 4.98 Å². The van der Waals surface area contributed by atoms with Crippen LogP contribution in [0.15, 0.2) is 18.3 Å². The van der Waals surface area contributed by atoms with Crippen LogP contribution in [0, 0.1) is 11.3 Å². The van der Waals surface area contributed by atoms with E-state index in [-0.39, 0.29) is 12.4 Å². The van der Waals surface area contributed by atoms with E-state index in [9.17, 15) is 0 Å². The van der Waals surface area contributed by atoms with Gasteiger partial charge in [-0.2, -0.15) is 5.26 Å². The molecule has 1 saturated heterocycles. The van der Waals surface area contributed by atoms with Gasteiger partial charge in [0.15, 0.2) is 0 Å². The number of hydrogen-bond acceptors (Lipinski definition) is 4. The quantitative estimate of drug-likeness (QED) is 0.841. The van der Waals surface area contributed by atoms with Crippen molar-refractivity contribution in [3.05, 3.63) is 23.9 Å². The number of nitrogens with zero attached hydrogens (tertiary/aromatic N) is 3.